The summed E-state index contributed by atoms with van der Waals surface area (Å²) in [5.74, 6) is -0.339. The van der Waals surface area contributed by atoms with Crippen LogP contribution in [0.5, 0.6) is 0 Å². The van der Waals surface area contributed by atoms with Crippen molar-refractivity contribution < 1.29 is 9.59 Å². The van der Waals surface area contributed by atoms with Gasteiger partial charge in [0.1, 0.15) is 0 Å². The van der Waals surface area contributed by atoms with Gasteiger partial charge in [0.25, 0.3) is 0 Å². The van der Waals surface area contributed by atoms with E-state index in [0.717, 1.165) is 23.2 Å². The van der Waals surface area contributed by atoms with E-state index in [2.05, 4.69) is 19.2 Å². The molecule has 0 saturated carbocycles. The van der Waals surface area contributed by atoms with Gasteiger partial charge < -0.3 is 11.1 Å². The van der Waals surface area contributed by atoms with Crippen molar-refractivity contribution >= 4 is 17.5 Å². The van der Waals surface area contributed by atoms with Crippen molar-refractivity contribution in [3.8, 4) is 0 Å². The standard InChI is InChI=1S/C20H24N2O2/c1-3-14(2)19(16-7-5-4-6-8-16)20(24)22-17-11-9-15(10-12-17)13-18(21)23/h4-12,14,19H,3,13H2,1-2H3,(H2,21,23)(H,22,24)/t14-,19+/m0/s1. The highest BCUT2D eigenvalue weighted by molar-refractivity contribution is 5.96. The number of hydrogen-bond donors (Lipinski definition) is 2. The lowest BCUT2D eigenvalue weighted by Crippen LogP contribution is -2.26. The fraction of sp³-hybridized carbons (Fsp3) is 0.300. The van der Waals surface area contributed by atoms with Crippen molar-refractivity contribution in [1.82, 2.24) is 0 Å². The summed E-state index contributed by atoms with van der Waals surface area (Å²) >= 11 is 0. The van der Waals surface area contributed by atoms with Gasteiger partial charge in [-0.3, -0.25) is 9.59 Å². The highest BCUT2D eigenvalue weighted by atomic mass is 16.2. The molecule has 2 rings (SSSR count). The van der Waals surface area contributed by atoms with E-state index in [-0.39, 0.29) is 30.1 Å². The van der Waals surface area contributed by atoms with Crippen molar-refractivity contribution in [2.24, 2.45) is 11.7 Å². The first-order valence-electron chi connectivity index (χ1n) is 8.24. The quantitative estimate of drug-likeness (QED) is 0.818. The highest BCUT2D eigenvalue weighted by Crippen LogP contribution is 2.28. The average molecular weight is 324 g/mol. The SMILES string of the molecule is CC[C@H](C)[C@@H](C(=O)Nc1ccc(CC(N)=O)cc1)c1ccccc1. The van der Waals surface area contributed by atoms with Crippen LogP contribution in [-0.2, 0) is 16.0 Å². The van der Waals surface area contributed by atoms with Crippen molar-refractivity contribution in [3.63, 3.8) is 0 Å². The molecule has 4 nitrogen and oxygen atoms in total. The van der Waals surface area contributed by atoms with Crippen LogP contribution in [0.15, 0.2) is 54.6 Å². The van der Waals surface area contributed by atoms with Gasteiger partial charge in [-0.15, -0.1) is 0 Å². The molecule has 2 atom stereocenters. The largest absolute Gasteiger partial charge is 0.369 e. The monoisotopic (exact) mass is 324 g/mol. The first-order valence-corrected chi connectivity index (χ1v) is 8.24. The summed E-state index contributed by atoms with van der Waals surface area (Å²) in [6.07, 6.45) is 1.12. The topological polar surface area (TPSA) is 72.2 Å². The molecule has 0 aromatic heterocycles. The molecule has 0 radical (unpaired) electrons. The molecule has 0 bridgehead atoms. The second-order valence-electron chi connectivity index (χ2n) is 6.10. The predicted octanol–water partition coefficient (Wildman–Crippen LogP) is 3.48. The number of rotatable bonds is 7. The second kappa shape index (κ2) is 8.29. The molecule has 4 heteroatoms. The number of nitrogens with two attached hydrogens (primary N) is 1. The van der Waals surface area contributed by atoms with Gasteiger partial charge in [0, 0.05) is 5.69 Å². The lowest BCUT2D eigenvalue weighted by Gasteiger charge is -2.23. The average Bonchev–Trinajstić information content (AvgIpc) is 2.57. The van der Waals surface area contributed by atoms with E-state index in [4.69, 9.17) is 5.73 Å². The van der Waals surface area contributed by atoms with Crippen LogP contribution in [0.2, 0.25) is 0 Å². The molecule has 0 spiro atoms. The number of benzene rings is 2. The Bertz CT molecular complexity index is 681. The molecule has 0 heterocycles. The molecule has 126 valence electrons. The molecule has 2 aromatic carbocycles. The van der Waals surface area contributed by atoms with Crippen molar-refractivity contribution in [2.75, 3.05) is 5.32 Å². The third-order valence-electron chi connectivity index (χ3n) is 4.25. The van der Waals surface area contributed by atoms with E-state index in [9.17, 15) is 9.59 Å². The Morgan fingerprint density at radius 2 is 1.67 bits per heavy atom. The third kappa shape index (κ3) is 4.69. The zero-order valence-corrected chi connectivity index (χ0v) is 14.2. The number of carbonyl (C=O) groups excluding carboxylic acids is 2. The molecule has 0 saturated heterocycles. The normalized spacial score (nSPS) is 13.1. The first-order chi connectivity index (χ1) is 11.5. The smallest absolute Gasteiger partial charge is 0.232 e. The lowest BCUT2D eigenvalue weighted by atomic mass is 9.85. The zero-order valence-electron chi connectivity index (χ0n) is 14.2. The molecule has 2 amide bonds. The first kappa shape index (κ1) is 17.7. The molecule has 3 N–H and O–H groups in total. The fourth-order valence-electron chi connectivity index (χ4n) is 2.76. The molecule has 0 aliphatic carbocycles. The van der Waals surface area contributed by atoms with E-state index in [1.807, 2.05) is 30.3 Å². The molecule has 24 heavy (non-hydrogen) atoms. The van der Waals surface area contributed by atoms with E-state index < -0.39 is 0 Å². The Morgan fingerprint density at radius 1 is 1.04 bits per heavy atom. The van der Waals surface area contributed by atoms with Crippen LogP contribution in [0.25, 0.3) is 0 Å². The Hall–Kier alpha value is -2.62. The van der Waals surface area contributed by atoms with Crippen LogP contribution in [-0.4, -0.2) is 11.8 Å². The van der Waals surface area contributed by atoms with Crippen molar-refractivity contribution in [1.29, 1.82) is 0 Å². The maximum absolute atomic E-state index is 12.8. The highest BCUT2D eigenvalue weighted by Gasteiger charge is 2.25. The van der Waals surface area contributed by atoms with Crippen LogP contribution in [0.3, 0.4) is 0 Å². The van der Waals surface area contributed by atoms with Gasteiger partial charge in [-0.25, -0.2) is 0 Å². The Kier molecular flexibility index (Phi) is 6.13. The van der Waals surface area contributed by atoms with E-state index in [1.54, 1.807) is 24.3 Å². The predicted molar refractivity (Wildman–Crippen MR) is 96.6 cm³/mol. The molecule has 0 aliphatic heterocycles. The molecule has 0 aliphatic rings. The van der Waals surface area contributed by atoms with Gasteiger partial charge in [0.05, 0.1) is 12.3 Å². The number of primary amides is 1. The minimum atomic E-state index is -0.368. The minimum absolute atomic E-state index is 0.0156. The molecule has 0 fully saturated rings. The summed E-state index contributed by atoms with van der Waals surface area (Å²) < 4.78 is 0. The molecular weight excluding hydrogens is 300 g/mol. The number of nitrogens with one attached hydrogen (secondary N) is 1. The second-order valence-corrected chi connectivity index (χ2v) is 6.10. The Morgan fingerprint density at radius 3 is 2.21 bits per heavy atom. The number of hydrogen-bond acceptors (Lipinski definition) is 2. The van der Waals surface area contributed by atoms with Crippen LogP contribution in [0.4, 0.5) is 5.69 Å². The summed E-state index contributed by atoms with van der Waals surface area (Å²) in [4.78, 5) is 23.7. The van der Waals surface area contributed by atoms with Crippen LogP contribution in [0, 0.1) is 5.92 Å². The summed E-state index contributed by atoms with van der Waals surface area (Å²) in [6, 6.07) is 17.1. The summed E-state index contributed by atoms with van der Waals surface area (Å²) in [7, 11) is 0. The van der Waals surface area contributed by atoms with Crippen LogP contribution in [0.1, 0.15) is 37.3 Å². The number of amides is 2. The van der Waals surface area contributed by atoms with Gasteiger partial charge in [0.2, 0.25) is 11.8 Å². The zero-order chi connectivity index (χ0) is 17.5. The van der Waals surface area contributed by atoms with Gasteiger partial charge in [0.15, 0.2) is 0 Å². The molecule has 2 aromatic rings. The van der Waals surface area contributed by atoms with E-state index in [1.165, 1.54) is 0 Å². The number of carbonyl (C=O) groups is 2. The lowest BCUT2D eigenvalue weighted by molar-refractivity contribution is -0.119. The molecular formula is C20H24N2O2. The van der Waals surface area contributed by atoms with E-state index >= 15 is 0 Å². The van der Waals surface area contributed by atoms with Gasteiger partial charge in [-0.2, -0.15) is 0 Å². The Balaban J connectivity index is 2.14. The fourth-order valence-corrected chi connectivity index (χ4v) is 2.76. The molecule has 0 unspecified atom stereocenters. The Labute approximate surface area is 143 Å². The number of anilines is 1. The van der Waals surface area contributed by atoms with Crippen LogP contribution >= 0.6 is 0 Å². The minimum Gasteiger partial charge on any atom is -0.369 e. The van der Waals surface area contributed by atoms with Crippen molar-refractivity contribution in [3.05, 3.63) is 65.7 Å². The third-order valence-corrected chi connectivity index (χ3v) is 4.25. The maximum Gasteiger partial charge on any atom is 0.232 e. The maximum atomic E-state index is 12.8. The van der Waals surface area contributed by atoms with Crippen LogP contribution < -0.4 is 11.1 Å². The summed E-state index contributed by atoms with van der Waals surface area (Å²) in [6.45, 7) is 4.18. The van der Waals surface area contributed by atoms with Crippen molar-refractivity contribution in [2.45, 2.75) is 32.6 Å². The van der Waals surface area contributed by atoms with E-state index in [0.29, 0.717) is 0 Å². The van der Waals surface area contributed by atoms with Gasteiger partial charge in [-0.05, 0) is 29.2 Å². The summed E-state index contributed by atoms with van der Waals surface area (Å²) in [5.41, 5.74) is 7.77. The summed E-state index contributed by atoms with van der Waals surface area (Å²) in [5, 5.41) is 2.98. The van der Waals surface area contributed by atoms with Gasteiger partial charge >= 0.3 is 0 Å². The van der Waals surface area contributed by atoms with Gasteiger partial charge in [-0.1, -0.05) is 62.7 Å².